The molecule has 7 nitrogen and oxygen atoms in total. The Morgan fingerprint density at radius 1 is 1.00 bits per heavy atom. The molecule has 0 fully saturated rings. The summed E-state index contributed by atoms with van der Waals surface area (Å²) in [6.07, 6.45) is -4.77. The molecule has 172 valence electrons. The molecular weight excluding hydrogens is 511 g/mol. The topological polar surface area (TPSA) is 77.1 Å². The van der Waals surface area contributed by atoms with Gasteiger partial charge in [-0.3, -0.25) is 9.48 Å². The first-order valence-electron chi connectivity index (χ1n) is 9.08. The van der Waals surface area contributed by atoms with Crippen LogP contribution >= 0.6 is 34.8 Å². The minimum absolute atomic E-state index is 0.0442. The Hall–Kier alpha value is -2.89. The Morgan fingerprint density at radius 2 is 1.70 bits per heavy atom. The highest BCUT2D eigenvalue weighted by molar-refractivity contribution is 6.36. The third-order valence-corrected chi connectivity index (χ3v) is 5.47. The highest BCUT2D eigenvalue weighted by atomic mass is 35.5. The fourth-order valence-corrected chi connectivity index (χ4v) is 3.69. The Morgan fingerprint density at radius 3 is 2.33 bits per heavy atom. The number of benzene rings is 1. The molecule has 0 saturated carbocycles. The molecule has 1 N–H and O–H groups in total. The summed E-state index contributed by atoms with van der Waals surface area (Å²) in [5.41, 5.74) is -1.79. The number of carbonyl (C=O) groups excluding carboxylic acids is 1. The van der Waals surface area contributed by atoms with Gasteiger partial charge in [0.2, 0.25) is 0 Å². The molecule has 0 saturated heterocycles. The van der Waals surface area contributed by atoms with E-state index in [1.54, 1.807) is 18.2 Å². The summed E-state index contributed by atoms with van der Waals surface area (Å²) >= 11 is 18.4. The number of rotatable bonds is 6. The zero-order chi connectivity index (χ0) is 23.9. The smallest absolute Gasteiger partial charge is 0.280 e. The lowest BCUT2D eigenvalue weighted by atomic mass is 10.2. The van der Waals surface area contributed by atoms with E-state index in [2.05, 4.69) is 20.5 Å². The predicted octanol–water partition coefficient (Wildman–Crippen LogP) is 6.06. The molecule has 3 aromatic heterocycles. The van der Waals surface area contributed by atoms with E-state index in [0.717, 1.165) is 6.07 Å². The molecule has 0 aliphatic heterocycles. The molecule has 0 aliphatic carbocycles. The monoisotopic (exact) mass is 520 g/mol. The van der Waals surface area contributed by atoms with Crippen molar-refractivity contribution in [2.75, 3.05) is 5.32 Å². The van der Waals surface area contributed by atoms with Crippen LogP contribution in [-0.2, 0) is 6.54 Å². The van der Waals surface area contributed by atoms with Crippen LogP contribution in [0.3, 0.4) is 0 Å². The molecule has 0 radical (unpaired) electrons. The molecule has 0 bridgehead atoms. The minimum Gasteiger partial charge on any atom is -0.302 e. The Bertz CT molecular complexity index is 1340. The third kappa shape index (κ3) is 4.75. The first kappa shape index (κ1) is 23.3. The molecule has 33 heavy (non-hydrogen) atoms. The van der Waals surface area contributed by atoms with Gasteiger partial charge in [0.05, 0.1) is 6.54 Å². The summed E-state index contributed by atoms with van der Waals surface area (Å²) in [4.78, 5) is 16.2. The summed E-state index contributed by atoms with van der Waals surface area (Å²) in [6.45, 7) is 0.153. The molecule has 0 spiro atoms. The third-order valence-electron chi connectivity index (χ3n) is 4.49. The summed E-state index contributed by atoms with van der Waals surface area (Å²) in [5, 5.41) is 11.2. The van der Waals surface area contributed by atoms with E-state index in [-0.39, 0.29) is 28.7 Å². The van der Waals surface area contributed by atoms with Crippen LogP contribution in [0.25, 0.3) is 5.65 Å². The van der Waals surface area contributed by atoms with Gasteiger partial charge in [0, 0.05) is 27.9 Å². The number of carbonyl (C=O) groups is 1. The molecule has 4 aromatic rings. The zero-order valence-electron chi connectivity index (χ0n) is 16.1. The van der Waals surface area contributed by atoms with E-state index in [0.29, 0.717) is 26.2 Å². The van der Waals surface area contributed by atoms with Crippen LogP contribution in [0.15, 0.2) is 36.5 Å². The quantitative estimate of drug-likeness (QED) is 0.313. The SMILES string of the molecule is O=C(Nc1nn(Cc2c(Cl)cccc2Cl)cc1Cl)c1cc2nc(C(F)F)cc(C(F)F)n2n1. The number of hydrogen-bond acceptors (Lipinski definition) is 4. The number of aromatic nitrogens is 5. The summed E-state index contributed by atoms with van der Waals surface area (Å²) in [7, 11) is 0. The van der Waals surface area contributed by atoms with Gasteiger partial charge in [-0.1, -0.05) is 40.9 Å². The van der Waals surface area contributed by atoms with Crippen molar-refractivity contribution in [2.45, 2.75) is 19.4 Å². The van der Waals surface area contributed by atoms with Gasteiger partial charge in [-0.25, -0.2) is 27.1 Å². The van der Waals surface area contributed by atoms with Gasteiger partial charge in [0.1, 0.15) is 16.4 Å². The maximum Gasteiger partial charge on any atom is 0.280 e. The average molecular weight is 522 g/mol. The number of hydrogen-bond donors (Lipinski definition) is 1. The van der Waals surface area contributed by atoms with Gasteiger partial charge in [-0.05, 0) is 18.2 Å². The number of nitrogens with one attached hydrogen (secondary N) is 1. The van der Waals surface area contributed by atoms with E-state index in [1.165, 1.54) is 10.9 Å². The van der Waals surface area contributed by atoms with Gasteiger partial charge in [0.25, 0.3) is 18.8 Å². The van der Waals surface area contributed by atoms with E-state index >= 15 is 0 Å². The van der Waals surface area contributed by atoms with E-state index in [4.69, 9.17) is 34.8 Å². The zero-order valence-corrected chi connectivity index (χ0v) is 18.4. The largest absolute Gasteiger partial charge is 0.302 e. The van der Waals surface area contributed by atoms with Crippen LogP contribution in [0.1, 0.15) is 40.3 Å². The van der Waals surface area contributed by atoms with Crippen molar-refractivity contribution in [2.24, 2.45) is 0 Å². The highest BCUT2D eigenvalue weighted by Crippen LogP contribution is 2.28. The first-order valence-corrected chi connectivity index (χ1v) is 10.2. The maximum atomic E-state index is 13.3. The maximum absolute atomic E-state index is 13.3. The van der Waals surface area contributed by atoms with Crippen molar-refractivity contribution in [1.82, 2.24) is 24.4 Å². The van der Waals surface area contributed by atoms with Crippen LogP contribution in [0.5, 0.6) is 0 Å². The van der Waals surface area contributed by atoms with Crippen molar-refractivity contribution < 1.29 is 22.4 Å². The van der Waals surface area contributed by atoms with Crippen molar-refractivity contribution in [3.05, 3.63) is 74.2 Å². The van der Waals surface area contributed by atoms with Gasteiger partial charge >= 0.3 is 0 Å². The predicted molar refractivity (Wildman–Crippen MR) is 114 cm³/mol. The molecule has 0 atom stereocenters. The lowest BCUT2D eigenvalue weighted by Gasteiger charge is -2.06. The molecule has 14 heteroatoms. The number of amides is 1. The highest BCUT2D eigenvalue weighted by Gasteiger charge is 2.23. The minimum atomic E-state index is -3.12. The second-order valence-electron chi connectivity index (χ2n) is 6.68. The number of halogens is 7. The van der Waals surface area contributed by atoms with Crippen molar-refractivity contribution >= 4 is 52.2 Å². The lowest BCUT2D eigenvalue weighted by molar-refractivity contribution is 0.102. The average Bonchev–Trinajstić information content (AvgIpc) is 3.33. The number of alkyl halides is 4. The van der Waals surface area contributed by atoms with Gasteiger partial charge < -0.3 is 5.32 Å². The molecule has 1 amide bonds. The fourth-order valence-electron chi connectivity index (χ4n) is 2.98. The van der Waals surface area contributed by atoms with Crippen LogP contribution in [0, 0.1) is 0 Å². The summed E-state index contributed by atoms with van der Waals surface area (Å²) < 4.78 is 54.6. The van der Waals surface area contributed by atoms with E-state index in [1.807, 2.05) is 0 Å². The summed E-state index contributed by atoms with van der Waals surface area (Å²) in [6, 6.07) is 6.53. The first-order chi connectivity index (χ1) is 15.6. The van der Waals surface area contributed by atoms with Gasteiger partial charge in [-0.15, -0.1) is 0 Å². The van der Waals surface area contributed by atoms with Crippen LogP contribution < -0.4 is 5.32 Å². The second-order valence-corrected chi connectivity index (χ2v) is 7.91. The fraction of sp³-hybridized carbons (Fsp3) is 0.158. The lowest BCUT2D eigenvalue weighted by Crippen LogP contribution is -2.14. The van der Waals surface area contributed by atoms with E-state index < -0.39 is 30.1 Å². The van der Waals surface area contributed by atoms with E-state index in [9.17, 15) is 22.4 Å². The molecule has 0 aliphatic rings. The summed E-state index contributed by atoms with van der Waals surface area (Å²) in [5.74, 6) is -0.903. The van der Waals surface area contributed by atoms with Crippen LogP contribution in [-0.4, -0.2) is 30.3 Å². The molecule has 0 unspecified atom stereocenters. The van der Waals surface area contributed by atoms with Crippen molar-refractivity contribution in [3.8, 4) is 0 Å². The second kappa shape index (κ2) is 9.16. The van der Waals surface area contributed by atoms with Crippen LogP contribution in [0.4, 0.5) is 23.4 Å². The molecule has 1 aromatic carbocycles. The number of nitrogens with zero attached hydrogens (tertiary/aromatic N) is 5. The standard InChI is InChI=1S/C19H11Cl3F4N6O/c20-9-2-1-3-10(21)8(9)6-31-7-11(22)18(30-31)28-19(33)13-5-15-27-12(16(23)24)4-14(17(25)26)32(15)29-13/h1-5,7,16-17H,6H2,(H,28,30,33). The van der Waals surface area contributed by atoms with Crippen molar-refractivity contribution in [1.29, 1.82) is 0 Å². The Kier molecular flexibility index (Phi) is 6.46. The van der Waals surface area contributed by atoms with Crippen molar-refractivity contribution in [3.63, 3.8) is 0 Å². The van der Waals surface area contributed by atoms with Gasteiger partial charge in [-0.2, -0.15) is 10.2 Å². The molecular formula is C19H11Cl3F4N6O. The molecule has 4 rings (SSSR count). The number of fused-ring (bicyclic) bond motifs is 1. The number of anilines is 1. The van der Waals surface area contributed by atoms with Crippen LogP contribution in [0.2, 0.25) is 15.1 Å². The Labute approximate surface area is 197 Å². The molecule has 3 heterocycles. The normalized spacial score (nSPS) is 11.7. The Balaban J connectivity index is 1.60. The van der Waals surface area contributed by atoms with Gasteiger partial charge in [0.15, 0.2) is 17.2 Å².